The van der Waals surface area contributed by atoms with Gasteiger partial charge in [-0.15, -0.1) is 0 Å². The van der Waals surface area contributed by atoms with E-state index < -0.39 is 16.6 Å². The summed E-state index contributed by atoms with van der Waals surface area (Å²) < 4.78 is 13.1. The predicted molar refractivity (Wildman–Crippen MR) is 105 cm³/mol. The molecule has 0 spiro atoms. The minimum atomic E-state index is -1.70. The number of hydrogen-bond acceptors (Lipinski definition) is 2. The monoisotopic (exact) mass is 346 g/mol. The van der Waals surface area contributed by atoms with Gasteiger partial charge in [-0.2, -0.15) is 0 Å². The summed E-state index contributed by atoms with van der Waals surface area (Å²) in [7, 11) is -3.40. The van der Waals surface area contributed by atoms with Crippen molar-refractivity contribution < 1.29 is 8.85 Å². The molecule has 0 bridgehead atoms. The van der Waals surface area contributed by atoms with Crippen LogP contribution in [0.25, 0.3) is 0 Å². The Kier molecular flexibility index (Phi) is 12.0. The summed E-state index contributed by atoms with van der Waals surface area (Å²) >= 11 is 0. The molecule has 134 valence electrons. The van der Waals surface area contributed by atoms with E-state index in [0.29, 0.717) is 0 Å². The maximum atomic E-state index is 6.57. The molecule has 0 saturated heterocycles. The lowest BCUT2D eigenvalue weighted by Crippen LogP contribution is -2.56. The van der Waals surface area contributed by atoms with Crippen molar-refractivity contribution in [3.8, 4) is 0 Å². The van der Waals surface area contributed by atoms with Crippen LogP contribution in [-0.4, -0.2) is 29.8 Å². The van der Waals surface area contributed by atoms with Crippen molar-refractivity contribution in [1.29, 1.82) is 0 Å². The van der Waals surface area contributed by atoms with Crippen molar-refractivity contribution in [1.82, 2.24) is 0 Å². The molecule has 4 heteroatoms. The van der Waals surface area contributed by atoms with E-state index in [1.54, 1.807) is 0 Å². The van der Waals surface area contributed by atoms with Gasteiger partial charge in [0.25, 0.3) is 0 Å². The fourth-order valence-electron chi connectivity index (χ4n) is 4.27. The van der Waals surface area contributed by atoms with Crippen molar-refractivity contribution in [3.05, 3.63) is 0 Å². The van der Waals surface area contributed by atoms with E-state index in [2.05, 4.69) is 48.5 Å². The SMILES string of the molecule is CCCCCC([Si](CC)(CC)OCC)[Si](CC)(CC)OCC. The van der Waals surface area contributed by atoms with Gasteiger partial charge in [0.1, 0.15) is 0 Å². The van der Waals surface area contributed by atoms with Crippen LogP contribution in [0.15, 0.2) is 0 Å². The Morgan fingerprint density at radius 1 is 0.636 bits per heavy atom. The summed E-state index contributed by atoms with van der Waals surface area (Å²) in [5.74, 6) is 0. The van der Waals surface area contributed by atoms with Crippen LogP contribution in [0.5, 0.6) is 0 Å². The van der Waals surface area contributed by atoms with Crippen LogP contribution in [0.2, 0.25) is 29.3 Å². The van der Waals surface area contributed by atoms with Gasteiger partial charge < -0.3 is 8.85 Å². The highest BCUT2D eigenvalue weighted by Crippen LogP contribution is 2.45. The molecule has 0 aliphatic carbocycles. The Hall–Kier alpha value is 0.354. The Morgan fingerprint density at radius 2 is 1.05 bits per heavy atom. The second kappa shape index (κ2) is 11.8. The smallest absolute Gasteiger partial charge is 0.194 e. The average Bonchev–Trinajstić information content (AvgIpc) is 2.55. The van der Waals surface area contributed by atoms with Gasteiger partial charge in [-0.1, -0.05) is 60.3 Å². The van der Waals surface area contributed by atoms with E-state index in [0.717, 1.165) is 18.4 Å². The lowest BCUT2D eigenvalue weighted by atomic mass is 10.2. The standard InChI is InChI=1S/C18H42O2Si2/c1-8-15-16-17-18(21(11-4,12-5)19-9-2)22(13-6,14-7)20-10-3/h18H,8-17H2,1-7H3. The van der Waals surface area contributed by atoms with Gasteiger partial charge in [-0.3, -0.25) is 0 Å². The highest BCUT2D eigenvalue weighted by molar-refractivity contribution is 6.94. The molecule has 0 aromatic carbocycles. The molecule has 22 heavy (non-hydrogen) atoms. The Bertz CT molecular complexity index is 242. The third kappa shape index (κ3) is 5.46. The van der Waals surface area contributed by atoms with E-state index in [4.69, 9.17) is 8.85 Å². The van der Waals surface area contributed by atoms with Crippen molar-refractivity contribution in [3.63, 3.8) is 0 Å². The van der Waals surface area contributed by atoms with Gasteiger partial charge in [0.05, 0.1) is 0 Å². The Balaban J connectivity index is 5.63. The molecule has 0 fully saturated rings. The molecule has 0 saturated carbocycles. The maximum Gasteiger partial charge on any atom is 0.194 e. The molecule has 0 radical (unpaired) electrons. The minimum Gasteiger partial charge on any atom is -0.417 e. The molecule has 0 atom stereocenters. The van der Waals surface area contributed by atoms with Crippen LogP contribution in [0.4, 0.5) is 0 Å². The molecule has 0 aromatic rings. The number of rotatable bonds is 14. The molecule has 0 aliphatic rings. The van der Waals surface area contributed by atoms with Crippen molar-refractivity contribution >= 4 is 16.6 Å². The molecular formula is C18H42O2Si2. The fourth-order valence-corrected chi connectivity index (χ4v) is 17.9. The van der Waals surface area contributed by atoms with Crippen LogP contribution in [-0.2, 0) is 8.85 Å². The predicted octanol–water partition coefficient (Wildman–Crippen LogP) is 6.52. The van der Waals surface area contributed by atoms with Crippen LogP contribution in [0, 0.1) is 0 Å². The number of hydrogen-bond donors (Lipinski definition) is 0. The lowest BCUT2D eigenvalue weighted by Gasteiger charge is -2.47. The van der Waals surface area contributed by atoms with E-state index in [-0.39, 0.29) is 0 Å². The summed E-state index contributed by atoms with van der Waals surface area (Å²) in [6, 6.07) is 4.98. The van der Waals surface area contributed by atoms with Crippen LogP contribution in [0.3, 0.4) is 0 Å². The summed E-state index contributed by atoms with van der Waals surface area (Å²) in [5.41, 5.74) is 0. The summed E-state index contributed by atoms with van der Waals surface area (Å²) in [5, 5.41) is 0.761. The molecule has 0 aromatic heterocycles. The topological polar surface area (TPSA) is 18.5 Å². The molecule has 0 unspecified atom stereocenters. The zero-order valence-corrected chi connectivity index (χ0v) is 18.5. The summed E-state index contributed by atoms with van der Waals surface area (Å²) in [6.45, 7) is 17.9. The Morgan fingerprint density at radius 3 is 1.32 bits per heavy atom. The molecule has 0 N–H and O–H groups in total. The van der Waals surface area contributed by atoms with E-state index >= 15 is 0 Å². The highest BCUT2D eigenvalue weighted by atomic mass is 28.4. The van der Waals surface area contributed by atoms with Gasteiger partial charge >= 0.3 is 0 Å². The fraction of sp³-hybridized carbons (Fsp3) is 1.00. The quantitative estimate of drug-likeness (QED) is 0.263. The summed E-state index contributed by atoms with van der Waals surface area (Å²) in [6.07, 6.45) is 5.35. The third-order valence-electron chi connectivity index (χ3n) is 5.62. The third-order valence-corrected chi connectivity index (χ3v) is 18.4. The van der Waals surface area contributed by atoms with Crippen LogP contribution >= 0.6 is 0 Å². The zero-order chi connectivity index (χ0) is 17.1. The first kappa shape index (κ1) is 22.4. The van der Waals surface area contributed by atoms with Gasteiger partial charge in [-0.25, -0.2) is 0 Å². The maximum absolute atomic E-state index is 6.57. The van der Waals surface area contributed by atoms with Gasteiger partial charge in [0, 0.05) is 13.2 Å². The van der Waals surface area contributed by atoms with E-state index in [1.807, 2.05) is 0 Å². The number of unbranched alkanes of at least 4 members (excludes halogenated alkanes) is 2. The second-order valence-corrected chi connectivity index (χ2v) is 16.1. The van der Waals surface area contributed by atoms with Crippen LogP contribution < -0.4 is 0 Å². The molecule has 0 rings (SSSR count). The van der Waals surface area contributed by atoms with Crippen molar-refractivity contribution in [2.24, 2.45) is 0 Å². The van der Waals surface area contributed by atoms with Gasteiger partial charge in [-0.05, 0) is 43.2 Å². The van der Waals surface area contributed by atoms with E-state index in [9.17, 15) is 0 Å². The lowest BCUT2D eigenvalue weighted by molar-refractivity contribution is 0.288. The normalized spacial score (nSPS) is 13.1. The first-order valence-electron chi connectivity index (χ1n) is 9.84. The average molecular weight is 347 g/mol. The summed E-state index contributed by atoms with van der Waals surface area (Å²) in [4.78, 5) is 0. The van der Waals surface area contributed by atoms with E-state index in [1.165, 1.54) is 49.9 Å². The zero-order valence-electron chi connectivity index (χ0n) is 16.5. The first-order valence-corrected chi connectivity index (χ1v) is 14.6. The van der Waals surface area contributed by atoms with Gasteiger partial charge in [0.2, 0.25) is 0 Å². The molecule has 0 heterocycles. The molecule has 0 amide bonds. The molecule has 2 nitrogen and oxygen atoms in total. The van der Waals surface area contributed by atoms with Crippen molar-refractivity contribution in [2.45, 2.75) is 103 Å². The Labute approximate surface area is 142 Å². The van der Waals surface area contributed by atoms with Gasteiger partial charge in [0.15, 0.2) is 16.6 Å². The second-order valence-electron chi connectivity index (χ2n) is 6.46. The first-order chi connectivity index (χ1) is 10.6. The minimum absolute atomic E-state index is 0.761. The largest absolute Gasteiger partial charge is 0.417 e. The molecular weight excluding hydrogens is 304 g/mol. The van der Waals surface area contributed by atoms with Crippen molar-refractivity contribution in [2.75, 3.05) is 13.2 Å². The highest BCUT2D eigenvalue weighted by Gasteiger charge is 2.52. The molecule has 0 aliphatic heterocycles. The van der Waals surface area contributed by atoms with Crippen LogP contribution in [0.1, 0.15) is 74.1 Å².